The first-order chi connectivity index (χ1) is 15.8. The molecule has 1 atom stereocenters. The van der Waals surface area contributed by atoms with Crippen molar-refractivity contribution in [2.24, 2.45) is 5.10 Å². The van der Waals surface area contributed by atoms with Crippen LogP contribution in [0.3, 0.4) is 0 Å². The summed E-state index contributed by atoms with van der Waals surface area (Å²) >= 11 is 11.9. The summed E-state index contributed by atoms with van der Waals surface area (Å²) in [5, 5.41) is 9.06. The normalized spacial score (nSPS) is 15.5. The van der Waals surface area contributed by atoms with Crippen LogP contribution in [-0.4, -0.2) is 29.9 Å². The standard InChI is InChI=1S/C23H16Cl2F3N3O2/c24-19-10-7-16(11-20(19)25)29-23(32)31-12-18(13-1-5-15(26)6-2-13)21(30-31)14-3-8-17(9-4-14)33-22(27)28/h1-11,18,22H,12H2,(H,29,32). The average Bonchev–Trinajstić information content (AvgIpc) is 3.22. The quantitative estimate of drug-likeness (QED) is 0.426. The lowest BCUT2D eigenvalue weighted by molar-refractivity contribution is -0.0498. The van der Waals surface area contributed by atoms with E-state index in [1.165, 1.54) is 35.3 Å². The van der Waals surface area contributed by atoms with Gasteiger partial charge in [0.15, 0.2) is 0 Å². The molecule has 0 saturated carbocycles. The van der Waals surface area contributed by atoms with Crippen molar-refractivity contribution in [2.75, 3.05) is 11.9 Å². The molecular weight excluding hydrogens is 478 g/mol. The highest BCUT2D eigenvalue weighted by molar-refractivity contribution is 6.42. The molecule has 5 nitrogen and oxygen atoms in total. The number of carbonyl (C=O) groups is 1. The summed E-state index contributed by atoms with van der Waals surface area (Å²) < 4.78 is 42.8. The third-order valence-electron chi connectivity index (χ3n) is 4.97. The van der Waals surface area contributed by atoms with E-state index in [2.05, 4.69) is 15.2 Å². The summed E-state index contributed by atoms with van der Waals surface area (Å²) in [5.41, 5.74) is 2.31. The SMILES string of the molecule is O=C(Nc1ccc(Cl)c(Cl)c1)N1CC(c2ccc(F)cc2)C(c2ccc(OC(F)F)cc2)=N1. The largest absolute Gasteiger partial charge is 0.435 e. The lowest BCUT2D eigenvalue weighted by Gasteiger charge is -2.16. The van der Waals surface area contributed by atoms with E-state index in [4.69, 9.17) is 23.2 Å². The Labute approximate surface area is 197 Å². The Kier molecular flexibility index (Phi) is 6.76. The molecule has 1 N–H and O–H groups in total. The summed E-state index contributed by atoms with van der Waals surface area (Å²) in [6.45, 7) is -2.75. The minimum Gasteiger partial charge on any atom is -0.435 e. The van der Waals surface area contributed by atoms with Crippen LogP contribution in [0.1, 0.15) is 17.0 Å². The number of alkyl halides is 2. The molecule has 3 aromatic rings. The predicted octanol–water partition coefficient (Wildman–Crippen LogP) is 6.77. The first-order valence-electron chi connectivity index (χ1n) is 9.73. The van der Waals surface area contributed by atoms with Gasteiger partial charge in [0.05, 0.1) is 22.3 Å². The number of anilines is 1. The number of hydrazone groups is 1. The Morgan fingerprint density at radius 3 is 2.36 bits per heavy atom. The van der Waals surface area contributed by atoms with Gasteiger partial charge in [0.1, 0.15) is 11.6 Å². The highest BCUT2D eigenvalue weighted by Gasteiger charge is 2.32. The number of hydrogen-bond donors (Lipinski definition) is 1. The lowest BCUT2D eigenvalue weighted by Crippen LogP contribution is -2.30. The molecule has 0 saturated heterocycles. The van der Waals surface area contributed by atoms with E-state index in [1.807, 2.05) is 0 Å². The van der Waals surface area contributed by atoms with Crippen LogP contribution >= 0.6 is 23.2 Å². The van der Waals surface area contributed by atoms with Gasteiger partial charge in [-0.1, -0.05) is 35.3 Å². The molecule has 4 rings (SSSR count). The Hall–Kier alpha value is -3.23. The third kappa shape index (κ3) is 5.40. The van der Waals surface area contributed by atoms with Crippen LogP contribution < -0.4 is 10.1 Å². The zero-order valence-corrected chi connectivity index (χ0v) is 18.3. The molecule has 10 heteroatoms. The Balaban J connectivity index is 1.62. The number of hydrogen-bond acceptors (Lipinski definition) is 3. The van der Waals surface area contributed by atoms with Crippen LogP contribution in [0.25, 0.3) is 0 Å². The molecule has 1 heterocycles. The van der Waals surface area contributed by atoms with Crippen molar-refractivity contribution >= 4 is 40.6 Å². The van der Waals surface area contributed by atoms with Gasteiger partial charge in [0.2, 0.25) is 0 Å². The molecular formula is C23H16Cl2F3N3O2. The van der Waals surface area contributed by atoms with Gasteiger partial charge in [-0.05, 0) is 65.7 Å². The monoisotopic (exact) mass is 493 g/mol. The van der Waals surface area contributed by atoms with E-state index in [-0.39, 0.29) is 23.2 Å². The van der Waals surface area contributed by atoms with Gasteiger partial charge >= 0.3 is 12.6 Å². The number of rotatable bonds is 5. The maximum Gasteiger partial charge on any atom is 0.387 e. The van der Waals surface area contributed by atoms with Gasteiger partial charge in [-0.3, -0.25) is 0 Å². The zero-order chi connectivity index (χ0) is 23.5. The highest BCUT2D eigenvalue weighted by Crippen LogP contribution is 2.31. The molecule has 3 aromatic carbocycles. The van der Waals surface area contributed by atoms with E-state index in [0.717, 1.165) is 5.56 Å². The minimum absolute atomic E-state index is 0.0000969. The van der Waals surface area contributed by atoms with Crippen molar-refractivity contribution in [3.8, 4) is 5.75 Å². The molecule has 33 heavy (non-hydrogen) atoms. The minimum atomic E-state index is -2.94. The van der Waals surface area contributed by atoms with E-state index >= 15 is 0 Å². The first kappa shape index (κ1) is 22.9. The van der Waals surface area contributed by atoms with Crippen LogP contribution in [0.5, 0.6) is 5.75 Å². The number of amides is 2. The third-order valence-corrected chi connectivity index (χ3v) is 5.71. The number of nitrogens with zero attached hydrogens (tertiary/aromatic N) is 2. The summed E-state index contributed by atoms with van der Waals surface area (Å²) in [7, 11) is 0. The molecule has 0 fully saturated rings. The van der Waals surface area contributed by atoms with Crippen LogP contribution in [0, 0.1) is 5.82 Å². The van der Waals surface area contributed by atoms with E-state index in [9.17, 15) is 18.0 Å². The molecule has 0 aliphatic carbocycles. The fourth-order valence-electron chi connectivity index (χ4n) is 3.41. The van der Waals surface area contributed by atoms with Crippen LogP contribution in [-0.2, 0) is 0 Å². The zero-order valence-electron chi connectivity index (χ0n) is 16.8. The second-order valence-electron chi connectivity index (χ2n) is 7.13. The van der Waals surface area contributed by atoms with Gasteiger partial charge < -0.3 is 10.1 Å². The van der Waals surface area contributed by atoms with Gasteiger partial charge in [-0.25, -0.2) is 14.2 Å². The van der Waals surface area contributed by atoms with Crippen molar-refractivity contribution in [3.05, 3.63) is 93.7 Å². The molecule has 0 bridgehead atoms. The molecule has 1 aliphatic rings. The molecule has 1 unspecified atom stereocenters. The molecule has 0 radical (unpaired) electrons. The van der Waals surface area contributed by atoms with Crippen molar-refractivity contribution in [1.82, 2.24) is 5.01 Å². The summed E-state index contributed by atoms with van der Waals surface area (Å²) in [4.78, 5) is 12.9. The maximum absolute atomic E-state index is 13.5. The van der Waals surface area contributed by atoms with Crippen LogP contribution in [0.15, 0.2) is 71.8 Å². The maximum atomic E-state index is 13.5. The Morgan fingerprint density at radius 1 is 1.03 bits per heavy atom. The smallest absolute Gasteiger partial charge is 0.387 e. The number of halogens is 5. The first-order valence-corrected chi connectivity index (χ1v) is 10.5. The van der Waals surface area contributed by atoms with Gasteiger partial charge in [0, 0.05) is 11.6 Å². The molecule has 1 aliphatic heterocycles. The van der Waals surface area contributed by atoms with E-state index in [1.54, 1.807) is 36.4 Å². The predicted molar refractivity (Wildman–Crippen MR) is 121 cm³/mol. The van der Waals surface area contributed by atoms with E-state index in [0.29, 0.717) is 22.0 Å². The fourth-order valence-corrected chi connectivity index (χ4v) is 3.71. The molecule has 0 spiro atoms. The van der Waals surface area contributed by atoms with Crippen molar-refractivity contribution < 1.29 is 22.7 Å². The second-order valence-corrected chi connectivity index (χ2v) is 7.95. The van der Waals surface area contributed by atoms with Crippen molar-refractivity contribution in [2.45, 2.75) is 12.5 Å². The summed E-state index contributed by atoms with van der Waals surface area (Å²) in [5.74, 6) is -0.759. The number of nitrogens with one attached hydrogen (secondary N) is 1. The second kappa shape index (κ2) is 9.72. The van der Waals surface area contributed by atoms with Gasteiger partial charge in [0.25, 0.3) is 0 Å². The van der Waals surface area contributed by atoms with E-state index < -0.39 is 18.5 Å². The fraction of sp³-hybridized carbons (Fsp3) is 0.130. The molecule has 0 aromatic heterocycles. The number of carbonyl (C=O) groups excluding carboxylic acids is 1. The number of ether oxygens (including phenoxy) is 1. The van der Waals surface area contributed by atoms with Gasteiger partial charge in [-0.2, -0.15) is 13.9 Å². The topological polar surface area (TPSA) is 53.9 Å². The summed E-state index contributed by atoms with van der Waals surface area (Å²) in [6.07, 6.45) is 0. The molecule has 2 amide bonds. The molecule has 170 valence electrons. The summed E-state index contributed by atoms with van der Waals surface area (Å²) in [6, 6.07) is 16.0. The lowest BCUT2D eigenvalue weighted by atomic mass is 9.90. The van der Waals surface area contributed by atoms with Crippen molar-refractivity contribution in [3.63, 3.8) is 0 Å². The van der Waals surface area contributed by atoms with Crippen LogP contribution in [0.4, 0.5) is 23.7 Å². The Bertz CT molecular complexity index is 1190. The van der Waals surface area contributed by atoms with Crippen molar-refractivity contribution in [1.29, 1.82) is 0 Å². The van der Waals surface area contributed by atoms with Gasteiger partial charge in [-0.15, -0.1) is 0 Å². The number of benzene rings is 3. The average molecular weight is 494 g/mol. The van der Waals surface area contributed by atoms with Crippen LogP contribution in [0.2, 0.25) is 10.0 Å². The Morgan fingerprint density at radius 2 is 1.73 bits per heavy atom. The highest BCUT2D eigenvalue weighted by atomic mass is 35.5. The number of urea groups is 1.